The first-order valence-electron chi connectivity index (χ1n) is 9.15. The van der Waals surface area contributed by atoms with Crippen LogP contribution in [0.25, 0.3) is 0 Å². The summed E-state index contributed by atoms with van der Waals surface area (Å²) in [5, 5.41) is 4.22. The molecule has 5 nitrogen and oxygen atoms in total. The molecule has 0 fully saturated rings. The highest BCUT2D eigenvalue weighted by molar-refractivity contribution is 7.10. The van der Waals surface area contributed by atoms with Crippen LogP contribution in [-0.2, 0) is 11.2 Å². The molecule has 0 bridgehead atoms. The van der Waals surface area contributed by atoms with Crippen LogP contribution in [0.4, 0.5) is 0 Å². The molecule has 0 saturated heterocycles. The lowest BCUT2D eigenvalue weighted by Crippen LogP contribution is -2.38. The van der Waals surface area contributed by atoms with Gasteiger partial charge in [-0.1, -0.05) is 6.07 Å². The van der Waals surface area contributed by atoms with Gasteiger partial charge in [0.05, 0.1) is 31.0 Å². The molecule has 0 saturated carbocycles. The quantitative estimate of drug-likeness (QED) is 0.497. The van der Waals surface area contributed by atoms with Gasteiger partial charge in [-0.2, -0.15) is 0 Å². The van der Waals surface area contributed by atoms with Crippen LogP contribution in [0.2, 0.25) is 0 Å². The van der Waals surface area contributed by atoms with Crippen LogP contribution in [0.1, 0.15) is 53.5 Å². The van der Waals surface area contributed by atoms with E-state index < -0.39 is 5.97 Å². The first-order valence-corrected chi connectivity index (χ1v) is 10.9. The monoisotopic (exact) mass is 414 g/mol. The van der Waals surface area contributed by atoms with Gasteiger partial charge in [-0.25, -0.2) is 4.79 Å². The summed E-state index contributed by atoms with van der Waals surface area (Å²) in [5.74, 6) is -0.418. The molecule has 1 N–H and O–H groups in total. The van der Waals surface area contributed by atoms with Gasteiger partial charge in [0.25, 0.3) is 0 Å². The highest BCUT2D eigenvalue weighted by Crippen LogP contribution is 2.39. The number of ether oxygens (including phenoxy) is 1. The number of carbonyl (C=O) groups is 2. The van der Waals surface area contributed by atoms with Crippen molar-refractivity contribution in [2.45, 2.75) is 26.3 Å². The molecule has 0 spiro atoms. The number of hydrogen-bond acceptors (Lipinski definition) is 6. The number of fused-ring (bicyclic) bond motifs is 1. The van der Waals surface area contributed by atoms with E-state index in [1.165, 1.54) is 22.4 Å². The van der Waals surface area contributed by atoms with Crippen molar-refractivity contribution in [2.75, 3.05) is 20.2 Å². The Morgan fingerprint density at radius 1 is 1.25 bits per heavy atom. The van der Waals surface area contributed by atoms with Gasteiger partial charge in [0, 0.05) is 22.0 Å². The SMILES string of the molecule is COC(=O)c1c(C)[nH]c(C(=O)CN2CCc3sccc3[C@@H]2c2cccs2)c1C. The van der Waals surface area contributed by atoms with Crippen LogP contribution >= 0.6 is 22.7 Å². The van der Waals surface area contributed by atoms with Gasteiger partial charge in [-0.15, -0.1) is 22.7 Å². The number of rotatable bonds is 5. The Bertz CT molecular complexity index is 1020. The Kier molecular flexibility index (Phi) is 5.23. The highest BCUT2D eigenvalue weighted by Gasteiger charge is 2.32. The molecule has 28 heavy (non-hydrogen) atoms. The number of Topliss-reactive ketones (excluding diaryl/α,β-unsaturated/α-hetero) is 1. The maximum absolute atomic E-state index is 13.2. The normalized spacial score (nSPS) is 16.8. The maximum atomic E-state index is 13.2. The van der Waals surface area contributed by atoms with Gasteiger partial charge in [0.2, 0.25) is 0 Å². The van der Waals surface area contributed by atoms with E-state index in [1.807, 2.05) is 0 Å². The first kappa shape index (κ1) is 19.1. The number of nitrogens with one attached hydrogen (secondary N) is 1. The smallest absolute Gasteiger partial charge is 0.339 e. The summed E-state index contributed by atoms with van der Waals surface area (Å²) in [6.45, 7) is 4.74. The van der Waals surface area contributed by atoms with Gasteiger partial charge < -0.3 is 9.72 Å². The second kappa shape index (κ2) is 7.66. The largest absolute Gasteiger partial charge is 0.465 e. The Labute approximate surface area is 172 Å². The van der Waals surface area contributed by atoms with Crippen LogP contribution in [0.3, 0.4) is 0 Å². The molecule has 3 aromatic rings. The lowest BCUT2D eigenvalue weighted by molar-refractivity contribution is 0.0599. The topological polar surface area (TPSA) is 62.4 Å². The highest BCUT2D eigenvalue weighted by atomic mass is 32.1. The Morgan fingerprint density at radius 2 is 2.07 bits per heavy atom. The van der Waals surface area contributed by atoms with Crippen molar-refractivity contribution in [1.82, 2.24) is 9.88 Å². The van der Waals surface area contributed by atoms with Gasteiger partial charge in [-0.05, 0) is 54.3 Å². The summed E-state index contributed by atoms with van der Waals surface area (Å²) in [6.07, 6.45) is 0.957. The fraction of sp³-hybridized carbons (Fsp3) is 0.333. The Hall–Kier alpha value is -2.22. The molecular formula is C21H22N2O3S2. The number of nitrogens with zero attached hydrogens (tertiary/aromatic N) is 1. The number of hydrogen-bond donors (Lipinski definition) is 1. The number of carbonyl (C=O) groups excluding carboxylic acids is 2. The Morgan fingerprint density at radius 3 is 2.79 bits per heavy atom. The summed E-state index contributed by atoms with van der Waals surface area (Å²) < 4.78 is 4.86. The third kappa shape index (κ3) is 3.23. The minimum Gasteiger partial charge on any atom is -0.465 e. The minimum atomic E-state index is -0.414. The molecule has 3 aromatic heterocycles. The fourth-order valence-corrected chi connectivity index (χ4v) is 5.80. The standard InChI is InChI=1S/C21H22N2O3S2/c1-12-18(21(25)26-3)13(2)22-19(12)15(24)11-23-8-6-16-14(7-10-28-16)20(23)17-5-4-9-27-17/h4-5,7,9-10,20,22H,6,8,11H2,1-3H3/t20-/m1/s1. The van der Waals surface area contributed by atoms with Gasteiger partial charge in [0.15, 0.2) is 5.78 Å². The second-order valence-corrected chi connectivity index (χ2v) is 8.96. The van der Waals surface area contributed by atoms with E-state index in [1.54, 1.807) is 36.5 Å². The van der Waals surface area contributed by atoms with Crippen molar-refractivity contribution in [3.63, 3.8) is 0 Å². The summed E-state index contributed by atoms with van der Waals surface area (Å²) in [6, 6.07) is 6.48. The first-order chi connectivity index (χ1) is 13.5. The molecule has 1 aliphatic heterocycles. The lowest BCUT2D eigenvalue weighted by Gasteiger charge is -2.34. The van der Waals surface area contributed by atoms with Crippen LogP contribution in [0.5, 0.6) is 0 Å². The van der Waals surface area contributed by atoms with E-state index in [-0.39, 0.29) is 11.8 Å². The third-order valence-corrected chi connectivity index (χ3v) is 7.25. The van der Waals surface area contributed by atoms with E-state index in [0.29, 0.717) is 29.1 Å². The Balaban J connectivity index is 1.64. The molecule has 1 atom stereocenters. The lowest BCUT2D eigenvalue weighted by atomic mass is 9.97. The number of H-pyrrole nitrogens is 1. The number of aromatic nitrogens is 1. The molecular weight excluding hydrogens is 392 g/mol. The minimum absolute atomic E-state index is 0.00371. The summed E-state index contributed by atoms with van der Waals surface area (Å²) in [7, 11) is 1.35. The van der Waals surface area contributed by atoms with E-state index in [9.17, 15) is 9.59 Å². The fourth-order valence-electron chi connectivity index (χ4n) is 4.02. The maximum Gasteiger partial charge on any atom is 0.339 e. The van der Waals surface area contributed by atoms with Crippen molar-refractivity contribution in [3.8, 4) is 0 Å². The van der Waals surface area contributed by atoms with Crippen molar-refractivity contribution < 1.29 is 14.3 Å². The zero-order valence-corrected chi connectivity index (χ0v) is 17.7. The number of aryl methyl sites for hydroxylation is 1. The molecule has 0 unspecified atom stereocenters. The average Bonchev–Trinajstić information content (AvgIpc) is 3.41. The molecule has 146 valence electrons. The molecule has 0 radical (unpaired) electrons. The van der Waals surface area contributed by atoms with Crippen molar-refractivity contribution in [1.29, 1.82) is 0 Å². The molecule has 0 aliphatic carbocycles. The average molecular weight is 415 g/mol. The predicted octanol–water partition coefficient (Wildman–Crippen LogP) is 4.37. The zero-order valence-electron chi connectivity index (χ0n) is 16.1. The number of methoxy groups -OCH3 is 1. The number of esters is 1. The molecule has 7 heteroatoms. The van der Waals surface area contributed by atoms with Gasteiger partial charge >= 0.3 is 5.97 Å². The van der Waals surface area contributed by atoms with E-state index in [0.717, 1.165) is 13.0 Å². The van der Waals surface area contributed by atoms with E-state index in [2.05, 4.69) is 38.8 Å². The predicted molar refractivity (Wildman–Crippen MR) is 112 cm³/mol. The number of thiophene rings is 2. The third-order valence-electron chi connectivity index (χ3n) is 5.33. The van der Waals surface area contributed by atoms with Crippen LogP contribution in [-0.4, -0.2) is 41.8 Å². The second-order valence-electron chi connectivity index (χ2n) is 6.98. The van der Waals surface area contributed by atoms with Crippen molar-refractivity contribution in [2.24, 2.45) is 0 Å². The summed E-state index contributed by atoms with van der Waals surface area (Å²) in [5.41, 5.74) is 3.59. The number of ketones is 1. The molecule has 4 rings (SSSR count). The van der Waals surface area contributed by atoms with Crippen molar-refractivity contribution in [3.05, 3.63) is 66.8 Å². The van der Waals surface area contributed by atoms with Gasteiger partial charge in [0.1, 0.15) is 0 Å². The summed E-state index contributed by atoms with van der Waals surface area (Å²) in [4.78, 5) is 33.2. The van der Waals surface area contributed by atoms with E-state index >= 15 is 0 Å². The molecule has 4 heterocycles. The molecule has 0 amide bonds. The van der Waals surface area contributed by atoms with Crippen LogP contribution in [0.15, 0.2) is 29.0 Å². The molecule has 0 aromatic carbocycles. The van der Waals surface area contributed by atoms with Crippen molar-refractivity contribution >= 4 is 34.4 Å². The van der Waals surface area contributed by atoms with Gasteiger partial charge in [-0.3, -0.25) is 9.69 Å². The summed E-state index contributed by atoms with van der Waals surface area (Å²) >= 11 is 3.51. The van der Waals surface area contributed by atoms with Crippen LogP contribution in [0, 0.1) is 13.8 Å². The number of aromatic amines is 1. The molecule has 1 aliphatic rings. The zero-order chi connectivity index (χ0) is 19.8. The van der Waals surface area contributed by atoms with E-state index in [4.69, 9.17) is 4.74 Å². The van der Waals surface area contributed by atoms with Crippen LogP contribution < -0.4 is 0 Å².